The highest BCUT2D eigenvalue weighted by molar-refractivity contribution is 5.83. The molecule has 7 nitrogen and oxygen atoms in total. The lowest BCUT2D eigenvalue weighted by Gasteiger charge is -2.34. The highest BCUT2D eigenvalue weighted by atomic mass is 19.2. The molecule has 9 heteroatoms. The van der Waals surface area contributed by atoms with Crippen LogP contribution in [-0.4, -0.2) is 64.2 Å². The molecular weight excluding hydrogens is 372 g/mol. The second kappa shape index (κ2) is 7.20. The number of benzene rings is 1. The molecule has 4 atom stereocenters. The molecule has 2 heterocycles. The van der Waals surface area contributed by atoms with E-state index in [0.717, 1.165) is 12.1 Å². The summed E-state index contributed by atoms with van der Waals surface area (Å²) in [5, 5.41) is 9.52. The van der Waals surface area contributed by atoms with Crippen molar-refractivity contribution < 1.29 is 28.2 Å². The molecule has 2 aliphatic rings. The number of amides is 2. The topological polar surface area (TPSA) is 96.1 Å². The van der Waals surface area contributed by atoms with Gasteiger partial charge < -0.3 is 20.5 Å². The van der Waals surface area contributed by atoms with Crippen LogP contribution in [0.2, 0.25) is 0 Å². The Hall–Kier alpha value is -2.42. The summed E-state index contributed by atoms with van der Waals surface area (Å²) in [6, 6.07) is 1.41. The van der Waals surface area contributed by atoms with Crippen LogP contribution in [0.1, 0.15) is 27.2 Å². The summed E-state index contributed by atoms with van der Waals surface area (Å²) in [6.45, 7) is 5.96. The monoisotopic (exact) mass is 397 g/mol. The molecule has 28 heavy (non-hydrogen) atoms. The summed E-state index contributed by atoms with van der Waals surface area (Å²) in [5.74, 6) is -2.26. The molecule has 1 aromatic carbocycles. The van der Waals surface area contributed by atoms with E-state index < -0.39 is 47.4 Å². The molecule has 2 saturated heterocycles. The molecule has 0 bridgehead atoms. The van der Waals surface area contributed by atoms with Gasteiger partial charge in [-0.05, 0) is 24.0 Å². The number of carbonyl (C=O) groups excluding carboxylic acids is 1. The number of halogens is 2. The van der Waals surface area contributed by atoms with E-state index >= 15 is 0 Å². The van der Waals surface area contributed by atoms with Crippen LogP contribution >= 0.6 is 0 Å². The fraction of sp³-hybridized carbons (Fsp3) is 0.579. The third-order valence-corrected chi connectivity index (χ3v) is 5.48. The number of nitrogens with two attached hydrogens (primary N) is 1. The minimum Gasteiger partial charge on any atom is -0.486 e. The quantitative estimate of drug-likeness (QED) is 0.814. The number of nitrogens with zero attached hydrogens (tertiary/aromatic N) is 2. The van der Waals surface area contributed by atoms with E-state index in [1.807, 2.05) is 20.8 Å². The summed E-state index contributed by atoms with van der Waals surface area (Å²) in [4.78, 5) is 27.4. The van der Waals surface area contributed by atoms with Crippen molar-refractivity contribution in [3.63, 3.8) is 0 Å². The fourth-order valence-electron chi connectivity index (χ4n) is 3.88. The minimum atomic E-state index is -1.11. The highest BCUT2D eigenvalue weighted by Crippen LogP contribution is 2.35. The zero-order chi connectivity index (χ0) is 20.8. The first-order valence-corrected chi connectivity index (χ1v) is 9.18. The first kappa shape index (κ1) is 20.3. The van der Waals surface area contributed by atoms with Crippen molar-refractivity contribution in [2.24, 2.45) is 11.1 Å². The van der Waals surface area contributed by atoms with Gasteiger partial charge in [0.15, 0.2) is 11.6 Å². The van der Waals surface area contributed by atoms with Crippen molar-refractivity contribution in [3.8, 4) is 5.75 Å². The van der Waals surface area contributed by atoms with Crippen LogP contribution in [0.25, 0.3) is 0 Å². The van der Waals surface area contributed by atoms with Gasteiger partial charge in [0, 0.05) is 12.6 Å². The van der Waals surface area contributed by atoms with Crippen molar-refractivity contribution in [1.29, 1.82) is 0 Å². The van der Waals surface area contributed by atoms with Gasteiger partial charge in [0.1, 0.15) is 11.9 Å². The molecule has 0 unspecified atom stereocenters. The number of ether oxygens (including phenoxy) is 1. The molecule has 2 aliphatic heterocycles. The molecule has 0 radical (unpaired) electrons. The van der Waals surface area contributed by atoms with Crippen LogP contribution in [0, 0.1) is 17.0 Å². The lowest BCUT2D eigenvalue weighted by molar-refractivity contribution is -0.137. The van der Waals surface area contributed by atoms with Gasteiger partial charge in [-0.3, -0.25) is 9.69 Å². The summed E-state index contributed by atoms with van der Waals surface area (Å²) in [6.07, 6.45) is -1.35. The van der Waals surface area contributed by atoms with Crippen LogP contribution in [0.3, 0.4) is 0 Å². The molecule has 0 spiro atoms. The predicted molar refractivity (Wildman–Crippen MR) is 96.8 cm³/mol. The van der Waals surface area contributed by atoms with Gasteiger partial charge in [0.2, 0.25) is 5.91 Å². The average Bonchev–Trinajstić information content (AvgIpc) is 3.17. The molecule has 154 valence electrons. The van der Waals surface area contributed by atoms with Crippen molar-refractivity contribution in [3.05, 3.63) is 29.8 Å². The standard InChI is InChI=1S/C19H25F2N3O4/c1-19(2,3)16(22)17(25)23-7-6-13-15(23)14(9-24(13)18(26)27)28-10-4-5-11(20)12(21)8-10/h4-5,8,13-16H,6-7,9,22H2,1-3H3,(H,26,27)/t13-,14+,15+,16-/m1/s1. The Labute approximate surface area is 162 Å². The summed E-state index contributed by atoms with van der Waals surface area (Å²) in [7, 11) is 0. The number of carboxylic acid groups (broad SMARTS) is 1. The average molecular weight is 397 g/mol. The van der Waals surface area contributed by atoms with Gasteiger partial charge in [0.05, 0.1) is 24.7 Å². The first-order valence-electron chi connectivity index (χ1n) is 9.18. The molecule has 0 aromatic heterocycles. The Morgan fingerprint density at radius 2 is 1.93 bits per heavy atom. The summed E-state index contributed by atoms with van der Waals surface area (Å²) >= 11 is 0. The molecule has 1 aromatic rings. The Morgan fingerprint density at radius 1 is 1.25 bits per heavy atom. The van der Waals surface area contributed by atoms with Crippen LogP contribution < -0.4 is 10.5 Å². The van der Waals surface area contributed by atoms with Gasteiger partial charge in [-0.15, -0.1) is 0 Å². The SMILES string of the molecule is CC(C)(C)[C@H](N)C(=O)N1CC[C@@H]2[C@H]1[C@@H](Oc1ccc(F)c(F)c1)CN2C(=O)O. The Kier molecular flexibility index (Phi) is 5.22. The van der Waals surface area contributed by atoms with Gasteiger partial charge in [-0.25, -0.2) is 13.6 Å². The predicted octanol–water partition coefficient (Wildman–Crippen LogP) is 2.05. The molecular formula is C19H25F2N3O4. The Balaban J connectivity index is 1.87. The number of hydrogen-bond acceptors (Lipinski definition) is 4. The molecule has 2 amide bonds. The molecule has 0 aliphatic carbocycles. The third-order valence-electron chi connectivity index (χ3n) is 5.48. The van der Waals surface area contributed by atoms with E-state index in [2.05, 4.69) is 0 Å². The van der Waals surface area contributed by atoms with Crippen molar-refractivity contribution in [1.82, 2.24) is 9.80 Å². The normalized spacial score (nSPS) is 25.6. The highest BCUT2D eigenvalue weighted by Gasteiger charge is 2.54. The van der Waals surface area contributed by atoms with Gasteiger partial charge in [-0.1, -0.05) is 20.8 Å². The first-order chi connectivity index (χ1) is 13.0. The minimum absolute atomic E-state index is 0.0260. The smallest absolute Gasteiger partial charge is 0.407 e. The lowest BCUT2D eigenvalue weighted by atomic mass is 9.86. The van der Waals surface area contributed by atoms with E-state index in [1.54, 1.807) is 4.90 Å². The van der Waals surface area contributed by atoms with Gasteiger partial charge in [-0.2, -0.15) is 0 Å². The number of hydrogen-bond donors (Lipinski definition) is 2. The Morgan fingerprint density at radius 3 is 2.50 bits per heavy atom. The maximum absolute atomic E-state index is 13.5. The second-order valence-electron chi connectivity index (χ2n) is 8.39. The maximum Gasteiger partial charge on any atom is 0.407 e. The van der Waals surface area contributed by atoms with Gasteiger partial charge >= 0.3 is 6.09 Å². The van der Waals surface area contributed by atoms with E-state index in [-0.39, 0.29) is 18.2 Å². The lowest BCUT2D eigenvalue weighted by Crippen LogP contribution is -2.55. The zero-order valence-corrected chi connectivity index (χ0v) is 16.1. The van der Waals surface area contributed by atoms with E-state index in [1.165, 1.54) is 11.0 Å². The largest absolute Gasteiger partial charge is 0.486 e. The summed E-state index contributed by atoms with van der Waals surface area (Å²) in [5.41, 5.74) is 5.67. The van der Waals surface area contributed by atoms with Crippen molar-refractivity contribution in [2.45, 2.75) is 51.4 Å². The van der Waals surface area contributed by atoms with Crippen LogP contribution in [-0.2, 0) is 4.79 Å². The van der Waals surface area contributed by atoms with E-state index in [4.69, 9.17) is 10.5 Å². The number of fused-ring (bicyclic) bond motifs is 1. The van der Waals surface area contributed by atoms with Crippen LogP contribution in [0.4, 0.5) is 13.6 Å². The molecule has 2 fully saturated rings. The van der Waals surface area contributed by atoms with Crippen LogP contribution in [0.5, 0.6) is 5.75 Å². The summed E-state index contributed by atoms with van der Waals surface area (Å²) < 4.78 is 32.5. The molecule has 3 N–H and O–H groups in total. The van der Waals surface area contributed by atoms with Crippen molar-refractivity contribution >= 4 is 12.0 Å². The zero-order valence-electron chi connectivity index (χ0n) is 16.1. The van der Waals surface area contributed by atoms with Gasteiger partial charge in [0.25, 0.3) is 0 Å². The van der Waals surface area contributed by atoms with E-state index in [0.29, 0.717) is 13.0 Å². The van der Waals surface area contributed by atoms with Crippen molar-refractivity contribution in [2.75, 3.05) is 13.1 Å². The molecule has 3 rings (SSSR count). The van der Waals surface area contributed by atoms with E-state index in [9.17, 15) is 23.5 Å². The number of likely N-dealkylation sites (tertiary alicyclic amines) is 2. The number of carbonyl (C=O) groups is 2. The van der Waals surface area contributed by atoms with Crippen LogP contribution in [0.15, 0.2) is 18.2 Å². The Bertz CT molecular complexity index is 783. The third kappa shape index (κ3) is 3.63. The molecule has 0 saturated carbocycles. The number of rotatable bonds is 3. The fourth-order valence-corrected chi connectivity index (χ4v) is 3.88. The second-order valence-corrected chi connectivity index (χ2v) is 8.39. The maximum atomic E-state index is 13.5.